The molecule has 0 radical (unpaired) electrons. The van der Waals surface area contributed by atoms with Crippen LogP contribution in [0.25, 0.3) is 0 Å². The molecule has 2 atom stereocenters. The molecule has 4 rings (SSSR count). The fourth-order valence-electron chi connectivity index (χ4n) is 4.35. The maximum Gasteiger partial charge on any atom is 0.255 e. The monoisotopic (exact) mass is 440 g/mol. The van der Waals surface area contributed by atoms with E-state index in [1.807, 2.05) is 35.0 Å². The lowest BCUT2D eigenvalue weighted by Crippen LogP contribution is -2.45. The summed E-state index contributed by atoms with van der Waals surface area (Å²) < 4.78 is 7.30. The zero-order valence-electron chi connectivity index (χ0n) is 16.8. The molecule has 2 bridgehead atoms. The highest BCUT2D eigenvalue weighted by Crippen LogP contribution is 2.31. The van der Waals surface area contributed by atoms with E-state index in [4.69, 9.17) is 4.74 Å². The SMILES string of the molecule is COCCN(Cc1ccccn1)Cc1ccc2n(c1=O)C[C@@H]1CNC[C@H]2C1.Cl.Cl. The lowest BCUT2D eigenvalue weighted by Gasteiger charge is -2.37. The van der Waals surface area contributed by atoms with E-state index in [1.165, 1.54) is 12.1 Å². The molecule has 2 aromatic heterocycles. The lowest BCUT2D eigenvalue weighted by atomic mass is 9.84. The summed E-state index contributed by atoms with van der Waals surface area (Å²) in [5.41, 5.74) is 3.24. The van der Waals surface area contributed by atoms with Gasteiger partial charge in [0.15, 0.2) is 0 Å². The van der Waals surface area contributed by atoms with Gasteiger partial charge in [-0.05, 0) is 37.1 Å². The average Bonchev–Trinajstić information content (AvgIpc) is 2.69. The molecule has 0 saturated carbocycles. The van der Waals surface area contributed by atoms with Gasteiger partial charge in [0, 0.05) is 63.2 Å². The van der Waals surface area contributed by atoms with Crippen LogP contribution in [0.2, 0.25) is 0 Å². The van der Waals surface area contributed by atoms with Crippen molar-refractivity contribution in [3.8, 4) is 0 Å². The predicted octanol–water partition coefficient (Wildman–Crippen LogP) is 2.44. The van der Waals surface area contributed by atoms with Crippen molar-refractivity contribution in [1.82, 2.24) is 19.8 Å². The number of piperidine rings is 1. The summed E-state index contributed by atoms with van der Waals surface area (Å²) in [4.78, 5) is 19.8. The molecule has 2 aliphatic rings. The standard InChI is InChI=1S/C21H28N4O2.2ClH/c1-27-9-8-24(15-19-4-2-3-7-23-19)14-17-5-6-20-18-10-16(11-22-12-18)13-25(20)21(17)26;;/h2-7,16,18,22H,8-15H2,1H3;2*1H/t16-,18+;;/m0../s1. The Labute approximate surface area is 184 Å². The third-order valence-corrected chi connectivity index (χ3v) is 5.70. The molecule has 2 aliphatic heterocycles. The number of hydrogen-bond donors (Lipinski definition) is 1. The molecule has 1 fully saturated rings. The number of rotatable bonds is 7. The fraction of sp³-hybridized carbons (Fsp3) is 0.524. The van der Waals surface area contributed by atoms with Gasteiger partial charge in [-0.15, -0.1) is 24.8 Å². The molecule has 8 heteroatoms. The number of halogens is 2. The number of pyridine rings is 2. The number of methoxy groups -OCH3 is 1. The van der Waals surface area contributed by atoms with E-state index in [2.05, 4.69) is 21.3 Å². The van der Waals surface area contributed by atoms with Crippen LogP contribution in [0.3, 0.4) is 0 Å². The highest BCUT2D eigenvalue weighted by molar-refractivity contribution is 5.85. The smallest absolute Gasteiger partial charge is 0.255 e. The first kappa shape index (κ1) is 23.8. The molecule has 0 amide bonds. The van der Waals surface area contributed by atoms with E-state index in [1.54, 1.807) is 7.11 Å². The first-order chi connectivity index (χ1) is 13.2. The number of nitrogens with one attached hydrogen (secondary N) is 1. The van der Waals surface area contributed by atoms with Gasteiger partial charge in [-0.3, -0.25) is 14.7 Å². The van der Waals surface area contributed by atoms with Gasteiger partial charge >= 0.3 is 0 Å². The van der Waals surface area contributed by atoms with Gasteiger partial charge in [-0.2, -0.15) is 0 Å². The Bertz CT molecular complexity index is 831. The summed E-state index contributed by atoms with van der Waals surface area (Å²) in [7, 11) is 1.71. The number of aromatic nitrogens is 2. The van der Waals surface area contributed by atoms with Crippen molar-refractivity contribution in [1.29, 1.82) is 0 Å². The number of nitrogens with zero attached hydrogens (tertiary/aromatic N) is 3. The van der Waals surface area contributed by atoms with Crippen LogP contribution in [0.4, 0.5) is 0 Å². The Morgan fingerprint density at radius 1 is 1.21 bits per heavy atom. The van der Waals surface area contributed by atoms with Gasteiger partial charge in [0.25, 0.3) is 5.56 Å². The largest absolute Gasteiger partial charge is 0.383 e. The Morgan fingerprint density at radius 2 is 2.07 bits per heavy atom. The Hall–Kier alpha value is -1.44. The maximum atomic E-state index is 13.2. The third-order valence-electron chi connectivity index (χ3n) is 5.70. The summed E-state index contributed by atoms with van der Waals surface area (Å²) >= 11 is 0. The number of ether oxygens (including phenoxy) is 1. The molecule has 1 saturated heterocycles. The van der Waals surface area contributed by atoms with Crippen molar-refractivity contribution >= 4 is 24.8 Å². The first-order valence-corrected chi connectivity index (χ1v) is 9.79. The van der Waals surface area contributed by atoms with Crippen LogP contribution in [0.15, 0.2) is 41.3 Å². The summed E-state index contributed by atoms with van der Waals surface area (Å²) in [5, 5.41) is 3.50. The van der Waals surface area contributed by atoms with Gasteiger partial charge < -0.3 is 14.6 Å². The van der Waals surface area contributed by atoms with Crippen molar-refractivity contribution in [2.24, 2.45) is 5.92 Å². The minimum absolute atomic E-state index is 0. The highest BCUT2D eigenvalue weighted by atomic mass is 35.5. The Kier molecular flexibility index (Phi) is 9.11. The summed E-state index contributed by atoms with van der Waals surface area (Å²) in [6, 6.07) is 10.1. The molecule has 2 aromatic rings. The van der Waals surface area contributed by atoms with E-state index >= 15 is 0 Å². The second kappa shape index (κ2) is 11.1. The predicted molar refractivity (Wildman–Crippen MR) is 119 cm³/mol. The first-order valence-electron chi connectivity index (χ1n) is 9.79. The molecule has 6 nitrogen and oxygen atoms in total. The number of hydrogen-bond acceptors (Lipinski definition) is 5. The molecule has 0 aromatic carbocycles. The molecule has 160 valence electrons. The van der Waals surface area contributed by atoms with Crippen LogP contribution in [0.5, 0.6) is 0 Å². The van der Waals surface area contributed by atoms with Gasteiger partial charge in [0.2, 0.25) is 0 Å². The van der Waals surface area contributed by atoms with Crippen molar-refractivity contribution in [3.63, 3.8) is 0 Å². The van der Waals surface area contributed by atoms with E-state index in [-0.39, 0.29) is 30.4 Å². The van der Waals surface area contributed by atoms with Crippen molar-refractivity contribution < 1.29 is 4.74 Å². The Balaban J connectivity index is 0.00000150. The van der Waals surface area contributed by atoms with E-state index in [9.17, 15) is 4.79 Å². The van der Waals surface area contributed by atoms with Crippen LogP contribution in [-0.4, -0.2) is 47.8 Å². The number of fused-ring (bicyclic) bond motifs is 4. The second-order valence-electron chi connectivity index (χ2n) is 7.68. The molecule has 0 aliphatic carbocycles. The lowest BCUT2D eigenvalue weighted by molar-refractivity contribution is 0.138. The molecule has 0 spiro atoms. The van der Waals surface area contributed by atoms with Crippen LogP contribution in [0, 0.1) is 5.92 Å². The van der Waals surface area contributed by atoms with Gasteiger partial charge in [0.05, 0.1) is 12.3 Å². The maximum absolute atomic E-state index is 13.2. The fourth-order valence-corrected chi connectivity index (χ4v) is 4.35. The minimum atomic E-state index is 0. The van der Waals surface area contributed by atoms with Gasteiger partial charge in [-0.1, -0.05) is 12.1 Å². The van der Waals surface area contributed by atoms with Gasteiger partial charge in [-0.25, -0.2) is 0 Å². The van der Waals surface area contributed by atoms with E-state index in [0.717, 1.165) is 37.4 Å². The van der Waals surface area contributed by atoms with Crippen molar-refractivity contribution in [3.05, 3.63) is 63.8 Å². The summed E-state index contributed by atoms with van der Waals surface area (Å²) in [6.07, 6.45) is 3.01. The summed E-state index contributed by atoms with van der Waals surface area (Å²) in [6.45, 7) is 5.57. The van der Waals surface area contributed by atoms with Crippen molar-refractivity contribution in [2.45, 2.75) is 32.0 Å². The highest BCUT2D eigenvalue weighted by Gasteiger charge is 2.31. The van der Waals surface area contributed by atoms with Gasteiger partial charge in [0.1, 0.15) is 0 Å². The molecule has 29 heavy (non-hydrogen) atoms. The van der Waals surface area contributed by atoms with E-state index < -0.39 is 0 Å². The molecule has 1 N–H and O–H groups in total. The molecular formula is C21H30Cl2N4O2. The zero-order chi connectivity index (χ0) is 18.6. The quantitative estimate of drug-likeness (QED) is 0.716. The van der Waals surface area contributed by atoms with Crippen LogP contribution in [-0.2, 0) is 24.4 Å². The molecular weight excluding hydrogens is 411 g/mol. The normalized spacial score (nSPS) is 19.8. The molecule has 4 heterocycles. The average molecular weight is 441 g/mol. The Morgan fingerprint density at radius 3 is 2.83 bits per heavy atom. The van der Waals surface area contributed by atoms with E-state index in [0.29, 0.717) is 31.5 Å². The summed E-state index contributed by atoms with van der Waals surface area (Å²) in [5.74, 6) is 1.04. The topological polar surface area (TPSA) is 59.4 Å². The minimum Gasteiger partial charge on any atom is -0.383 e. The zero-order valence-corrected chi connectivity index (χ0v) is 18.4. The van der Waals surface area contributed by atoms with Crippen LogP contribution >= 0.6 is 24.8 Å². The van der Waals surface area contributed by atoms with Crippen LogP contribution in [0.1, 0.15) is 29.3 Å². The third kappa shape index (κ3) is 5.58. The second-order valence-corrected chi connectivity index (χ2v) is 7.68. The van der Waals surface area contributed by atoms with Crippen molar-refractivity contribution in [2.75, 3.05) is 33.4 Å². The molecule has 0 unspecified atom stereocenters. The van der Waals surface area contributed by atoms with Crippen LogP contribution < -0.4 is 10.9 Å².